The van der Waals surface area contributed by atoms with Gasteiger partial charge in [0, 0.05) is 23.8 Å². The lowest BCUT2D eigenvalue weighted by atomic mass is 9.41. The molecule has 5 nitrogen and oxygen atoms in total. The molecule has 222 valence electrons. The van der Waals surface area contributed by atoms with E-state index >= 15 is 0 Å². The monoisotopic (exact) mass is 557 g/mol. The number of nitrogens with zero attached hydrogens (tertiary/aromatic N) is 1. The number of benzene rings is 2. The molecule has 4 aliphatic carbocycles. The van der Waals surface area contributed by atoms with E-state index in [0.717, 1.165) is 75.6 Å². The van der Waals surface area contributed by atoms with Crippen molar-refractivity contribution in [1.29, 1.82) is 0 Å². The fraction of sp³-hybridized carbons (Fsp3) is 0.639. The Morgan fingerprint density at radius 1 is 0.854 bits per heavy atom. The Morgan fingerprint density at radius 3 is 2.15 bits per heavy atom. The number of nitrogens with two attached hydrogens (primary N) is 2. The van der Waals surface area contributed by atoms with Crippen molar-refractivity contribution in [1.82, 2.24) is 4.90 Å². The standard InChI is InChI=1S/C36H51N3O2/c1-32-16-7-17-33(2,29(32)14-11-23-9-12-25(37)21-27(23)32)30(40)39(6)31(41)35(4)19-8-18-34(3)28-22-26(38)13-10-24(28)15-20-36(34,35)5/h9-10,12-13,21-22,29-30,40H,7-8,11,14-20,37-38H2,1-6H3/t29-,30?,32-,33+,34-,35-,36-/m1/s1. The van der Waals surface area contributed by atoms with E-state index in [-0.39, 0.29) is 28.1 Å². The van der Waals surface area contributed by atoms with Gasteiger partial charge in [-0.05, 0) is 120 Å². The number of fused-ring (bicyclic) bond motifs is 6. The van der Waals surface area contributed by atoms with Gasteiger partial charge in [0.1, 0.15) is 6.23 Å². The minimum Gasteiger partial charge on any atom is -0.399 e. The number of rotatable bonds is 3. The van der Waals surface area contributed by atoms with Crippen LogP contribution in [0, 0.1) is 22.2 Å². The van der Waals surface area contributed by atoms with Crippen molar-refractivity contribution < 1.29 is 9.90 Å². The summed E-state index contributed by atoms with van der Waals surface area (Å²) in [6.45, 7) is 11.5. The Labute approximate surface area is 247 Å². The molecule has 2 aromatic rings. The number of carbonyl (C=O) groups excluding carboxylic acids is 1. The largest absolute Gasteiger partial charge is 0.399 e. The summed E-state index contributed by atoms with van der Waals surface area (Å²) in [6, 6.07) is 12.8. The van der Waals surface area contributed by atoms with Crippen molar-refractivity contribution in [3.8, 4) is 0 Å². The summed E-state index contributed by atoms with van der Waals surface area (Å²) in [5, 5.41) is 12.3. The van der Waals surface area contributed by atoms with Crippen LogP contribution in [0.15, 0.2) is 36.4 Å². The number of aliphatic hydroxyl groups excluding tert-OH is 1. The van der Waals surface area contributed by atoms with Crippen molar-refractivity contribution in [2.75, 3.05) is 18.5 Å². The third-order valence-electron chi connectivity index (χ3n) is 13.6. The lowest BCUT2D eigenvalue weighted by Gasteiger charge is -2.63. The lowest BCUT2D eigenvalue weighted by Crippen LogP contribution is -2.65. The molecule has 1 unspecified atom stereocenters. The molecule has 0 saturated heterocycles. The molecule has 5 N–H and O–H groups in total. The normalized spacial score (nSPS) is 38.6. The zero-order valence-corrected chi connectivity index (χ0v) is 26.1. The number of hydrogen-bond donors (Lipinski definition) is 3. The quantitative estimate of drug-likeness (QED) is 0.288. The molecule has 0 aliphatic heterocycles. The number of aryl methyl sites for hydroxylation is 2. The number of aliphatic hydroxyl groups is 1. The first-order chi connectivity index (χ1) is 19.2. The minimum absolute atomic E-state index is 0.0624. The summed E-state index contributed by atoms with van der Waals surface area (Å²) in [7, 11) is 1.87. The highest BCUT2D eigenvalue weighted by Gasteiger charge is 2.64. The zero-order valence-electron chi connectivity index (χ0n) is 26.1. The molecule has 1 amide bonds. The zero-order chi connectivity index (χ0) is 29.6. The molecular weight excluding hydrogens is 506 g/mol. The van der Waals surface area contributed by atoms with Crippen LogP contribution in [0.5, 0.6) is 0 Å². The summed E-state index contributed by atoms with van der Waals surface area (Å²) >= 11 is 0. The summed E-state index contributed by atoms with van der Waals surface area (Å²) in [6.07, 6.45) is 9.01. The number of nitrogen functional groups attached to an aromatic ring is 2. The predicted molar refractivity (Wildman–Crippen MR) is 167 cm³/mol. The minimum atomic E-state index is -0.845. The van der Waals surface area contributed by atoms with Gasteiger partial charge in [-0.2, -0.15) is 0 Å². The fourth-order valence-electron chi connectivity index (χ4n) is 10.8. The molecule has 2 saturated carbocycles. The van der Waals surface area contributed by atoms with E-state index in [0.29, 0.717) is 0 Å². The van der Waals surface area contributed by atoms with Gasteiger partial charge in [0.05, 0.1) is 5.41 Å². The summed E-state index contributed by atoms with van der Waals surface area (Å²) in [4.78, 5) is 16.6. The van der Waals surface area contributed by atoms with Crippen LogP contribution < -0.4 is 11.5 Å². The fourth-order valence-corrected chi connectivity index (χ4v) is 10.8. The molecule has 41 heavy (non-hydrogen) atoms. The van der Waals surface area contributed by atoms with E-state index in [1.807, 2.05) is 19.2 Å². The van der Waals surface area contributed by atoms with E-state index in [1.165, 1.54) is 22.3 Å². The second-order valence-corrected chi connectivity index (χ2v) is 15.3. The highest BCUT2D eigenvalue weighted by molar-refractivity contribution is 5.84. The Balaban J connectivity index is 1.34. The lowest BCUT2D eigenvalue weighted by molar-refractivity contribution is -0.187. The van der Waals surface area contributed by atoms with Crippen molar-refractivity contribution in [3.05, 3.63) is 58.7 Å². The third-order valence-corrected chi connectivity index (χ3v) is 13.6. The van der Waals surface area contributed by atoms with Crippen molar-refractivity contribution in [3.63, 3.8) is 0 Å². The summed E-state index contributed by atoms with van der Waals surface area (Å²) in [5.41, 5.74) is 18.2. The van der Waals surface area contributed by atoms with E-state index < -0.39 is 17.1 Å². The molecule has 5 heteroatoms. The molecule has 0 bridgehead atoms. The topological polar surface area (TPSA) is 92.6 Å². The molecular formula is C36H51N3O2. The van der Waals surface area contributed by atoms with Crippen LogP contribution >= 0.6 is 0 Å². The SMILES string of the molecule is CN(C(=O)[C@@]1(C)CCC[C@]2(C)c3cc(N)ccc3CC[C@@]12C)C(O)[C@@]1(C)CCC[C@]2(C)c3cc(N)ccc3CC[C@H]21. The highest BCUT2D eigenvalue weighted by atomic mass is 16.3. The van der Waals surface area contributed by atoms with E-state index in [9.17, 15) is 9.90 Å². The molecule has 6 rings (SSSR count). The van der Waals surface area contributed by atoms with E-state index in [2.05, 4.69) is 58.9 Å². The van der Waals surface area contributed by atoms with Crippen LogP contribution in [0.25, 0.3) is 0 Å². The predicted octanol–water partition coefficient (Wildman–Crippen LogP) is 6.74. The van der Waals surface area contributed by atoms with Crippen molar-refractivity contribution in [2.45, 2.75) is 116 Å². The molecule has 0 spiro atoms. The first kappa shape index (κ1) is 28.6. The Bertz CT molecular complexity index is 1390. The smallest absolute Gasteiger partial charge is 0.230 e. The van der Waals surface area contributed by atoms with Gasteiger partial charge in [0.15, 0.2) is 0 Å². The molecule has 0 heterocycles. The molecule has 4 aliphatic rings. The average molecular weight is 558 g/mol. The first-order valence-electron chi connectivity index (χ1n) is 15.9. The Kier molecular flexibility index (Phi) is 6.44. The maximum absolute atomic E-state index is 14.8. The van der Waals surface area contributed by atoms with Gasteiger partial charge in [0.25, 0.3) is 0 Å². The Morgan fingerprint density at radius 2 is 1.46 bits per heavy atom. The third kappa shape index (κ3) is 3.73. The first-order valence-corrected chi connectivity index (χ1v) is 15.9. The van der Waals surface area contributed by atoms with Gasteiger partial charge >= 0.3 is 0 Å². The molecule has 7 atom stereocenters. The maximum Gasteiger partial charge on any atom is 0.230 e. The Hall–Kier alpha value is -2.53. The van der Waals surface area contributed by atoms with Gasteiger partial charge in [-0.25, -0.2) is 0 Å². The molecule has 2 fully saturated rings. The second-order valence-electron chi connectivity index (χ2n) is 15.3. The summed E-state index contributed by atoms with van der Waals surface area (Å²) in [5.74, 6) is 0.368. The number of anilines is 2. The van der Waals surface area contributed by atoms with Crippen LogP contribution in [0.3, 0.4) is 0 Å². The van der Waals surface area contributed by atoms with Crippen LogP contribution in [-0.2, 0) is 28.5 Å². The van der Waals surface area contributed by atoms with Gasteiger partial charge in [-0.3, -0.25) is 4.79 Å². The van der Waals surface area contributed by atoms with Gasteiger partial charge < -0.3 is 21.5 Å². The second kappa shape index (κ2) is 9.23. The number of amides is 1. The molecule has 0 radical (unpaired) electrons. The van der Waals surface area contributed by atoms with Gasteiger partial charge in [-0.15, -0.1) is 0 Å². The van der Waals surface area contributed by atoms with Gasteiger partial charge in [-0.1, -0.05) is 59.6 Å². The summed E-state index contributed by atoms with van der Waals surface area (Å²) < 4.78 is 0. The van der Waals surface area contributed by atoms with Crippen molar-refractivity contribution in [2.24, 2.45) is 22.2 Å². The van der Waals surface area contributed by atoms with Crippen LogP contribution in [0.4, 0.5) is 11.4 Å². The highest BCUT2D eigenvalue weighted by Crippen LogP contribution is 2.66. The van der Waals surface area contributed by atoms with Crippen LogP contribution in [0.2, 0.25) is 0 Å². The van der Waals surface area contributed by atoms with Crippen LogP contribution in [0.1, 0.15) is 108 Å². The number of carbonyl (C=O) groups is 1. The van der Waals surface area contributed by atoms with Crippen LogP contribution in [-0.4, -0.2) is 29.2 Å². The van der Waals surface area contributed by atoms with E-state index in [4.69, 9.17) is 11.5 Å². The number of hydrogen-bond acceptors (Lipinski definition) is 4. The molecule has 2 aromatic carbocycles. The van der Waals surface area contributed by atoms with Crippen molar-refractivity contribution >= 4 is 17.3 Å². The maximum atomic E-state index is 14.8. The van der Waals surface area contributed by atoms with Gasteiger partial charge in [0.2, 0.25) is 5.91 Å². The average Bonchev–Trinajstić information content (AvgIpc) is 2.93. The van der Waals surface area contributed by atoms with E-state index in [1.54, 1.807) is 4.90 Å². The molecule has 0 aromatic heterocycles.